The van der Waals surface area contributed by atoms with E-state index in [4.69, 9.17) is 17.3 Å². The zero-order valence-electron chi connectivity index (χ0n) is 8.78. The van der Waals surface area contributed by atoms with E-state index in [1.54, 1.807) is 0 Å². The number of hydrogen-bond donors (Lipinski definition) is 2. The fourth-order valence-electron chi connectivity index (χ4n) is 1.46. The maximum absolute atomic E-state index is 5.85. The lowest BCUT2D eigenvalue weighted by Crippen LogP contribution is -2.02. The fraction of sp³-hybridized carbons (Fsp3) is 0.0769. The molecule has 0 unspecified atom stereocenters. The molecule has 0 spiro atoms. The maximum Gasteiger partial charge on any atom is 0.0421 e. The Balaban J connectivity index is 2.02. The standard InChI is InChI=1S/C13H13ClN2/c14-11-5-7-12(8-6-11)16-9-10-3-1-2-4-13(10)15/h1-8,16H,9,15H2. The van der Waals surface area contributed by atoms with Crippen LogP contribution in [0.5, 0.6) is 0 Å². The number of halogens is 1. The summed E-state index contributed by atoms with van der Waals surface area (Å²) < 4.78 is 0. The van der Waals surface area contributed by atoms with Crippen molar-refractivity contribution >= 4 is 23.0 Å². The number of para-hydroxylation sites is 1. The van der Waals surface area contributed by atoms with E-state index in [9.17, 15) is 0 Å². The number of anilines is 2. The molecule has 2 rings (SSSR count). The van der Waals surface area contributed by atoms with Gasteiger partial charge in [0.25, 0.3) is 0 Å². The van der Waals surface area contributed by atoms with E-state index in [2.05, 4.69) is 5.32 Å². The zero-order valence-corrected chi connectivity index (χ0v) is 9.54. The van der Waals surface area contributed by atoms with Gasteiger partial charge in [0.15, 0.2) is 0 Å². The minimum absolute atomic E-state index is 0.717. The van der Waals surface area contributed by atoms with Gasteiger partial charge >= 0.3 is 0 Å². The SMILES string of the molecule is Nc1ccccc1CNc1ccc(Cl)cc1. The van der Waals surface area contributed by atoms with Gasteiger partial charge in [-0.15, -0.1) is 0 Å². The van der Waals surface area contributed by atoms with Crippen LogP contribution < -0.4 is 11.1 Å². The second-order valence-corrected chi connectivity index (χ2v) is 4.00. The van der Waals surface area contributed by atoms with E-state index in [-0.39, 0.29) is 0 Å². The molecule has 3 heteroatoms. The number of rotatable bonds is 3. The Morgan fingerprint density at radius 3 is 2.38 bits per heavy atom. The molecule has 2 nitrogen and oxygen atoms in total. The predicted molar refractivity (Wildman–Crippen MR) is 69.6 cm³/mol. The molecule has 0 aromatic heterocycles. The van der Waals surface area contributed by atoms with Crippen LogP contribution >= 0.6 is 11.6 Å². The average Bonchev–Trinajstić information content (AvgIpc) is 2.30. The van der Waals surface area contributed by atoms with E-state index < -0.39 is 0 Å². The number of hydrogen-bond acceptors (Lipinski definition) is 2. The van der Waals surface area contributed by atoms with Gasteiger partial charge in [0.2, 0.25) is 0 Å². The number of nitrogens with two attached hydrogens (primary N) is 1. The molecule has 0 aliphatic rings. The van der Waals surface area contributed by atoms with E-state index in [1.165, 1.54) is 0 Å². The van der Waals surface area contributed by atoms with Gasteiger partial charge in [-0.3, -0.25) is 0 Å². The molecule has 2 aromatic carbocycles. The highest BCUT2D eigenvalue weighted by atomic mass is 35.5. The van der Waals surface area contributed by atoms with Crippen LogP contribution in [-0.4, -0.2) is 0 Å². The lowest BCUT2D eigenvalue weighted by Gasteiger charge is -2.08. The summed E-state index contributed by atoms with van der Waals surface area (Å²) in [6.07, 6.45) is 0. The van der Waals surface area contributed by atoms with Crippen molar-refractivity contribution in [2.75, 3.05) is 11.1 Å². The molecule has 0 radical (unpaired) electrons. The first-order chi connectivity index (χ1) is 7.75. The highest BCUT2D eigenvalue weighted by Gasteiger charge is 1.97. The number of benzene rings is 2. The van der Waals surface area contributed by atoms with Gasteiger partial charge in [-0.2, -0.15) is 0 Å². The van der Waals surface area contributed by atoms with Gasteiger partial charge in [-0.05, 0) is 35.9 Å². The molecule has 0 heterocycles. The summed E-state index contributed by atoms with van der Waals surface area (Å²) in [6.45, 7) is 0.717. The van der Waals surface area contributed by atoms with Crippen molar-refractivity contribution in [2.45, 2.75) is 6.54 Å². The summed E-state index contributed by atoms with van der Waals surface area (Å²) >= 11 is 5.81. The van der Waals surface area contributed by atoms with Crippen molar-refractivity contribution in [3.8, 4) is 0 Å². The lowest BCUT2D eigenvalue weighted by molar-refractivity contribution is 1.15. The Morgan fingerprint density at radius 2 is 1.69 bits per heavy atom. The molecule has 0 aliphatic heterocycles. The zero-order chi connectivity index (χ0) is 11.4. The quantitative estimate of drug-likeness (QED) is 0.795. The molecule has 0 saturated carbocycles. The molecule has 0 aliphatic carbocycles. The van der Waals surface area contributed by atoms with Crippen LogP contribution in [0.15, 0.2) is 48.5 Å². The van der Waals surface area contributed by atoms with Crippen LogP contribution in [0, 0.1) is 0 Å². The van der Waals surface area contributed by atoms with Gasteiger partial charge < -0.3 is 11.1 Å². The van der Waals surface area contributed by atoms with Crippen LogP contribution in [0.3, 0.4) is 0 Å². The van der Waals surface area contributed by atoms with Crippen LogP contribution in [0.1, 0.15) is 5.56 Å². The number of nitrogens with one attached hydrogen (secondary N) is 1. The topological polar surface area (TPSA) is 38.0 Å². The molecule has 0 amide bonds. The highest BCUT2D eigenvalue weighted by molar-refractivity contribution is 6.30. The van der Waals surface area contributed by atoms with Crippen molar-refractivity contribution in [3.63, 3.8) is 0 Å². The summed E-state index contributed by atoms with van der Waals surface area (Å²) in [4.78, 5) is 0. The van der Waals surface area contributed by atoms with Crippen molar-refractivity contribution in [3.05, 3.63) is 59.1 Å². The first kappa shape index (κ1) is 10.8. The smallest absolute Gasteiger partial charge is 0.0421 e. The summed E-state index contributed by atoms with van der Waals surface area (Å²) in [5.74, 6) is 0. The first-order valence-corrected chi connectivity index (χ1v) is 5.46. The van der Waals surface area contributed by atoms with Gasteiger partial charge in [0.05, 0.1) is 0 Å². The van der Waals surface area contributed by atoms with E-state index in [0.717, 1.165) is 22.0 Å². The fourth-order valence-corrected chi connectivity index (χ4v) is 1.59. The summed E-state index contributed by atoms with van der Waals surface area (Å²) in [7, 11) is 0. The Bertz CT molecular complexity index is 466. The Labute approximate surface area is 100 Å². The predicted octanol–water partition coefficient (Wildman–Crippen LogP) is 3.53. The van der Waals surface area contributed by atoms with Gasteiger partial charge in [-0.1, -0.05) is 29.8 Å². The van der Waals surface area contributed by atoms with Crippen molar-refractivity contribution in [2.24, 2.45) is 0 Å². The van der Waals surface area contributed by atoms with Crippen LogP contribution in [-0.2, 0) is 6.54 Å². The second-order valence-electron chi connectivity index (χ2n) is 3.56. The van der Waals surface area contributed by atoms with E-state index in [1.807, 2.05) is 48.5 Å². The molecular formula is C13H13ClN2. The summed E-state index contributed by atoms with van der Waals surface area (Å²) in [5, 5.41) is 4.03. The molecule has 0 bridgehead atoms. The third kappa shape index (κ3) is 2.67. The summed E-state index contributed by atoms with van der Waals surface area (Å²) in [5.41, 5.74) is 8.79. The van der Waals surface area contributed by atoms with E-state index in [0.29, 0.717) is 6.54 Å². The second kappa shape index (κ2) is 4.90. The summed E-state index contributed by atoms with van der Waals surface area (Å²) in [6, 6.07) is 15.4. The molecule has 0 saturated heterocycles. The van der Waals surface area contributed by atoms with Crippen LogP contribution in [0.25, 0.3) is 0 Å². The Morgan fingerprint density at radius 1 is 1.00 bits per heavy atom. The lowest BCUT2D eigenvalue weighted by atomic mass is 10.2. The minimum Gasteiger partial charge on any atom is -0.398 e. The average molecular weight is 233 g/mol. The van der Waals surface area contributed by atoms with Gasteiger partial charge in [-0.25, -0.2) is 0 Å². The minimum atomic E-state index is 0.717. The Kier molecular flexibility index (Phi) is 3.32. The normalized spacial score (nSPS) is 10.1. The molecule has 0 atom stereocenters. The first-order valence-electron chi connectivity index (χ1n) is 5.08. The van der Waals surface area contributed by atoms with Gasteiger partial charge in [0.1, 0.15) is 0 Å². The third-order valence-electron chi connectivity index (χ3n) is 2.38. The number of nitrogen functional groups attached to an aromatic ring is 1. The van der Waals surface area contributed by atoms with Crippen molar-refractivity contribution in [1.29, 1.82) is 0 Å². The molecule has 2 aromatic rings. The monoisotopic (exact) mass is 232 g/mol. The van der Waals surface area contributed by atoms with E-state index >= 15 is 0 Å². The molecular weight excluding hydrogens is 220 g/mol. The molecule has 0 fully saturated rings. The molecule has 82 valence electrons. The molecule has 3 N–H and O–H groups in total. The van der Waals surface area contributed by atoms with Crippen LogP contribution in [0.2, 0.25) is 5.02 Å². The van der Waals surface area contributed by atoms with Crippen molar-refractivity contribution < 1.29 is 0 Å². The van der Waals surface area contributed by atoms with Crippen molar-refractivity contribution in [1.82, 2.24) is 0 Å². The Hall–Kier alpha value is -1.67. The largest absolute Gasteiger partial charge is 0.398 e. The third-order valence-corrected chi connectivity index (χ3v) is 2.63. The van der Waals surface area contributed by atoms with Crippen LogP contribution in [0.4, 0.5) is 11.4 Å². The van der Waals surface area contributed by atoms with Gasteiger partial charge in [0, 0.05) is 22.9 Å². The molecule has 16 heavy (non-hydrogen) atoms. The highest BCUT2D eigenvalue weighted by Crippen LogP contribution is 2.16. The maximum atomic E-state index is 5.85.